The molecule has 1 aliphatic rings. The van der Waals surface area contributed by atoms with Gasteiger partial charge in [0.2, 0.25) is 5.91 Å². The van der Waals surface area contributed by atoms with Gasteiger partial charge in [-0.25, -0.2) is 8.42 Å². The number of ether oxygens (including phenoxy) is 1. The molecule has 1 N–H and O–H groups in total. The number of carbonyl (C=O) groups excluding carboxylic acids is 1. The highest BCUT2D eigenvalue weighted by Gasteiger charge is 2.27. The van der Waals surface area contributed by atoms with Crippen LogP contribution in [0.15, 0.2) is 35.2 Å². The van der Waals surface area contributed by atoms with Crippen LogP contribution in [0, 0.1) is 13.8 Å². The molecule has 0 aromatic heterocycles. The minimum absolute atomic E-state index is 0.0271. The maximum atomic E-state index is 12.9. The molecule has 1 amide bonds. The van der Waals surface area contributed by atoms with E-state index in [1.807, 2.05) is 32.0 Å². The van der Waals surface area contributed by atoms with Crippen molar-refractivity contribution in [2.24, 2.45) is 0 Å². The van der Waals surface area contributed by atoms with Crippen LogP contribution in [0.25, 0.3) is 0 Å². The van der Waals surface area contributed by atoms with Crippen molar-refractivity contribution in [1.29, 1.82) is 0 Å². The van der Waals surface area contributed by atoms with E-state index in [4.69, 9.17) is 16.3 Å². The number of aryl methyl sites for hydroxylation is 2. The largest absolute Gasteiger partial charge is 0.489 e. The number of rotatable bonds is 3. The first kappa shape index (κ1) is 18.5. The van der Waals surface area contributed by atoms with Crippen molar-refractivity contribution in [2.75, 3.05) is 22.8 Å². The summed E-state index contributed by atoms with van der Waals surface area (Å²) in [6.45, 7) is 5.78. The van der Waals surface area contributed by atoms with Crippen molar-refractivity contribution in [1.82, 2.24) is 0 Å². The van der Waals surface area contributed by atoms with E-state index in [1.165, 1.54) is 24.0 Å². The first-order valence-electron chi connectivity index (χ1n) is 8.04. The second-order valence-corrected chi connectivity index (χ2v) is 8.20. The fraction of sp³-hybridized carbons (Fsp3) is 0.278. The molecule has 0 saturated heterocycles. The summed E-state index contributed by atoms with van der Waals surface area (Å²) in [5.41, 5.74) is 2.61. The third-order valence-electron chi connectivity index (χ3n) is 4.26. The molecule has 26 heavy (non-hydrogen) atoms. The van der Waals surface area contributed by atoms with Crippen LogP contribution in [0.5, 0.6) is 5.75 Å². The second-order valence-electron chi connectivity index (χ2n) is 6.14. The predicted octanol–water partition coefficient (Wildman–Crippen LogP) is 3.50. The first-order valence-corrected chi connectivity index (χ1v) is 9.90. The van der Waals surface area contributed by atoms with E-state index in [9.17, 15) is 13.2 Å². The first-order chi connectivity index (χ1) is 12.2. The second kappa shape index (κ2) is 6.81. The van der Waals surface area contributed by atoms with E-state index in [1.54, 1.807) is 0 Å². The number of anilines is 2. The van der Waals surface area contributed by atoms with E-state index >= 15 is 0 Å². The number of sulfonamides is 1. The summed E-state index contributed by atoms with van der Waals surface area (Å²) in [5.74, 6) is 0.160. The van der Waals surface area contributed by atoms with Gasteiger partial charge in [-0.15, -0.1) is 0 Å². The van der Waals surface area contributed by atoms with Crippen LogP contribution in [-0.4, -0.2) is 27.5 Å². The summed E-state index contributed by atoms with van der Waals surface area (Å²) in [6.07, 6.45) is 0. The van der Waals surface area contributed by atoms with Crippen molar-refractivity contribution in [3.8, 4) is 5.75 Å². The number of halogens is 1. The van der Waals surface area contributed by atoms with Crippen LogP contribution in [-0.2, 0) is 14.8 Å². The molecule has 0 atom stereocenters. The van der Waals surface area contributed by atoms with Gasteiger partial charge in [-0.05, 0) is 31.0 Å². The highest BCUT2D eigenvalue weighted by molar-refractivity contribution is 7.92. The standard InChI is InChI=1S/C18H19ClN2O4S/c1-11-5-4-6-12(2)18(11)20-26(23,24)17-10-16-15(9-14(17)19)21(13(3)22)7-8-25-16/h4-6,9-10,20H,7-8H2,1-3H3. The van der Waals surface area contributed by atoms with Gasteiger partial charge in [0.05, 0.1) is 22.9 Å². The van der Waals surface area contributed by atoms with Crippen LogP contribution in [0.1, 0.15) is 18.1 Å². The number of carbonyl (C=O) groups is 1. The number of nitrogens with zero attached hydrogens (tertiary/aromatic N) is 1. The Kier molecular flexibility index (Phi) is 4.86. The van der Waals surface area contributed by atoms with Gasteiger partial charge in [-0.2, -0.15) is 0 Å². The third-order valence-corrected chi connectivity index (χ3v) is 6.08. The average molecular weight is 395 g/mol. The van der Waals surface area contributed by atoms with Crippen molar-refractivity contribution in [3.05, 3.63) is 46.5 Å². The molecule has 0 spiro atoms. The van der Waals surface area contributed by atoms with Crippen LogP contribution in [0.2, 0.25) is 5.02 Å². The molecule has 2 aromatic carbocycles. The highest BCUT2D eigenvalue weighted by Crippen LogP contribution is 2.39. The zero-order chi connectivity index (χ0) is 19.1. The summed E-state index contributed by atoms with van der Waals surface area (Å²) >= 11 is 6.25. The highest BCUT2D eigenvalue weighted by atomic mass is 35.5. The maximum Gasteiger partial charge on any atom is 0.263 e. The Hall–Kier alpha value is -2.25. The summed E-state index contributed by atoms with van der Waals surface area (Å²) in [5, 5.41) is 0.0271. The van der Waals surface area contributed by atoms with Gasteiger partial charge in [0.15, 0.2) is 0 Å². The minimum Gasteiger partial charge on any atom is -0.489 e. The van der Waals surface area contributed by atoms with Crippen LogP contribution >= 0.6 is 11.6 Å². The molecule has 1 heterocycles. The van der Waals surface area contributed by atoms with E-state index in [0.717, 1.165) is 11.1 Å². The summed E-state index contributed by atoms with van der Waals surface area (Å²) < 4.78 is 33.9. The van der Waals surface area contributed by atoms with Crippen LogP contribution in [0.3, 0.4) is 0 Å². The normalized spacial score (nSPS) is 13.8. The number of benzene rings is 2. The van der Waals surface area contributed by atoms with Crippen molar-refractivity contribution >= 4 is 38.9 Å². The molecule has 0 bridgehead atoms. The molecule has 6 nitrogen and oxygen atoms in total. The number of fused-ring (bicyclic) bond motifs is 1. The topological polar surface area (TPSA) is 75.7 Å². The number of para-hydroxylation sites is 1. The lowest BCUT2D eigenvalue weighted by Gasteiger charge is -2.29. The average Bonchev–Trinajstić information content (AvgIpc) is 2.57. The van der Waals surface area contributed by atoms with E-state index in [0.29, 0.717) is 23.7 Å². The molecule has 2 aromatic rings. The summed E-state index contributed by atoms with van der Waals surface area (Å²) in [6, 6.07) is 8.33. The van der Waals surface area contributed by atoms with Crippen molar-refractivity contribution < 1.29 is 17.9 Å². The monoisotopic (exact) mass is 394 g/mol. The Bertz CT molecular complexity index is 969. The fourth-order valence-corrected chi connectivity index (χ4v) is 4.66. The van der Waals surface area contributed by atoms with Gasteiger partial charge in [-0.3, -0.25) is 9.52 Å². The molecule has 0 fully saturated rings. The van der Waals surface area contributed by atoms with Gasteiger partial charge in [-0.1, -0.05) is 29.8 Å². The van der Waals surface area contributed by atoms with Gasteiger partial charge in [0.25, 0.3) is 10.0 Å². The van der Waals surface area contributed by atoms with E-state index in [2.05, 4.69) is 4.72 Å². The number of hydrogen-bond acceptors (Lipinski definition) is 4. The number of hydrogen-bond donors (Lipinski definition) is 1. The lowest BCUT2D eigenvalue weighted by Crippen LogP contribution is -2.36. The van der Waals surface area contributed by atoms with E-state index in [-0.39, 0.29) is 22.4 Å². The Morgan fingerprint density at radius 1 is 1.23 bits per heavy atom. The van der Waals surface area contributed by atoms with Gasteiger partial charge < -0.3 is 9.64 Å². The Morgan fingerprint density at radius 3 is 2.50 bits per heavy atom. The maximum absolute atomic E-state index is 12.9. The van der Waals surface area contributed by atoms with Crippen LogP contribution < -0.4 is 14.4 Å². The molecule has 8 heteroatoms. The molecule has 0 saturated carbocycles. The molecule has 0 unspecified atom stereocenters. The lowest BCUT2D eigenvalue weighted by atomic mass is 10.1. The van der Waals surface area contributed by atoms with Gasteiger partial charge in [0, 0.05) is 13.0 Å². The lowest BCUT2D eigenvalue weighted by molar-refractivity contribution is -0.116. The van der Waals surface area contributed by atoms with Crippen molar-refractivity contribution in [2.45, 2.75) is 25.7 Å². The summed E-state index contributed by atoms with van der Waals surface area (Å²) in [4.78, 5) is 13.2. The van der Waals surface area contributed by atoms with Gasteiger partial charge in [0.1, 0.15) is 17.3 Å². The molecular formula is C18H19ClN2O4S. The quantitative estimate of drug-likeness (QED) is 0.864. The minimum atomic E-state index is -3.93. The van der Waals surface area contributed by atoms with E-state index < -0.39 is 10.0 Å². The third kappa shape index (κ3) is 3.37. The summed E-state index contributed by atoms with van der Waals surface area (Å²) in [7, 11) is -3.93. The Balaban J connectivity index is 2.05. The van der Waals surface area contributed by atoms with Crippen molar-refractivity contribution in [3.63, 3.8) is 0 Å². The van der Waals surface area contributed by atoms with Crippen LogP contribution in [0.4, 0.5) is 11.4 Å². The molecule has 0 aliphatic carbocycles. The zero-order valence-corrected chi connectivity index (χ0v) is 16.2. The fourth-order valence-electron chi connectivity index (χ4n) is 2.92. The smallest absolute Gasteiger partial charge is 0.263 e. The number of nitrogens with one attached hydrogen (secondary N) is 1. The zero-order valence-electron chi connectivity index (χ0n) is 14.7. The Labute approximate surface area is 157 Å². The van der Waals surface area contributed by atoms with Gasteiger partial charge >= 0.3 is 0 Å². The number of amides is 1. The SMILES string of the molecule is CC(=O)N1CCOc2cc(S(=O)(=O)Nc3c(C)cccc3C)c(Cl)cc21. The Morgan fingerprint density at radius 2 is 1.88 bits per heavy atom. The molecular weight excluding hydrogens is 376 g/mol. The predicted molar refractivity (Wildman–Crippen MR) is 102 cm³/mol. The molecule has 1 aliphatic heterocycles. The molecule has 138 valence electrons. The molecule has 0 radical (unpaired) electrons. The molecule has 3 rings (SSSR count).